The summed E-state index contributed by atoms with van der Waals surface area (Å²) < 4.78 is 28.0. The molecule has 3 aromatic rings. The number of nitrogens with one attached hydrogen (secondary N) is 1. The summed E-state index contributed by atoms with van der Waals surface area (Å²) in [6, 6.07) is 16.0. The number of aromatic nitrogens is 1. The molecule has 0 aliphatic rings. The van der Waals surface area contributed by atoms with E-state index in [4.69, 9.17) is 0 Å². The van der Waals surface area contributed by atoms with Crippen LogP contribution < -0.4 is 4.72 Å². The fraction of sp³-hybridized carbons (Fsp3) is 0.400. The van der Waals surface area contributed by atoms with E-state index in [-0.39, 0.29) is 12.0 Å². The predicted molar refractivity (Wildman–Crippen MR) is 107 cm³/mol. The number of aliphatic hydroxyl groups is 1. The van der Waals surface area contributed by atoms with Crippen LogP contribution in [0.15, 0.2) is 48.5 Å². The molecule has 0 saturated carbocycles. The first-order chi connectivity index (χ1) is 12.3. The second kappa shape index (κ2) is 7.39. The van der Waals surface area contributed by atoms with Gasteiger partial charge in [-0.1, -0.05) is 50.2 Å². The van der Waals surface area contributed by atoms with E-state index in [1.807, 2.05) is 38.1 Å². The van der Waals surface area contributed by atoms with Crippen molar-refractivity contribution in [2.24, 2.45) is 5.92 Å². The molecule has 6 heteroatoms. The summed E-state index contributed by atoms with van der Waals surface area (Å²) in [5.41, 5.74) is 2.15. The van der Waals surface area contributed by atoms with Crippen molar-refractivity contribution in [2.75, 3.05) is 6.26 Å². The molecule has 2 atom stereocenters. The van der Waals surface area contributed by atoms with E-state index in [2.05, 4.69) is 33.6 Å². The molecule has 1 aromatic heterocycles. The van der Waals surface area contributed by atoms with Gasteiger partial charge in [-0.2, -0.15) is 0 Å². The topological polar surface area (TPSA) is 71.3 Å². The van der Waals surface area contributed by atoms with Crippen LogP contribution in [0.5, 0.6) is 0 Å². The molecule has 2 N–H and O–H groups in total. The lowest BCUT2D eigenvalue weighted by Crippen LogP contribution is -2.40. The van der Waals surface area contributed by atoms with Crippen LogP contribution in [0.2, 0.25) is 0 Å². The monoisotopic (exact) mass is 374 g/mol. The SMILES string of the molecule is CC(C)C(CC(O)Cn1c2ccccc2c2ccccc21)NS(C)(=O)=O. The number of hydrogen-bond donors (Lipinski definition) is 2. The molecule has 26 heavy (non-hydrogen) atoms. The number of fused-ring (bicyclic) bond motifs is 3. The first-order valence-electron chi connectivity index (χ1n) is 8.87. The van der Waals surface area contributed by atoms with Gasteiger partial charge in [-0.15, -0.1) is 0 Å². The van der Waals surface area contributed by atoms with Gasteiger partial charge in [0, 0.05) is 34.4 Å². The van der Waals surface area contributed by atoms with Gasteiger partial charge in [0.05, 0.1) is 12.4 Å². The zero-order valence-electron chi connectivity index (χ0n) is 15.4. The van der Waals surface area contributed by atoms with Gasteiger partial charge in [0.25, 0.3) is 0 Å². The average molecular weight is 375 g/mol. The van der Waals surface area contributed by atoms with Crippen molar-refractivity contribution in [3.8, 4) is 0 Å². The van der Waals surface area contributed by atoms with Crippen LogP contribution >= 0.6 is 0 Å². The van der Waals surface area contributed by atoms with Crippen molar-refractivity contribution < 1.29 is 13.5 Å². The zero-order valence-corrected chi connectivity index (χ0v) is 16.2. The molecule has 0 amide bonds. The second-order valence-corrected chi connectivity index (χ2v) is 9.05. The van der Waals surface area contributed by atoms with E-state index in [0.717, 1.165) is 28.1 Å². The Morgan fingerprint density at radius 3 is 1.96 bits per heavy atom. The first-order valence-corrected chi connectivity index (χ1v) is 10.8. The standard InChI is InChI=1S/C20H26N2O3S/c1-14(2)18(21-26(3,24)25)12-15(23)13-22-19-10-6-4-8-16(19)17-9-5-7-11-20(17)22/h4-11,14-15,18,21,23H,12-13H2,1-3H3. The Morgan fingerprint density at radius 1 is 1.00 bits per heavy atom. The maximum atomic E-state index is 11.6. The van der Waals surface area contributed by atoms with Gasteiger partial charge in [0.15, 0.2) is 0 Å². The third-order valence-electron chi connectivity index (χ3n) is 4.77. The highest BCUT2D eigenvalue weighted by molar-refractivity contribution is 7.88. The number of benzene rings is 2. The first kappa shape index (κ1) is 18.9. The molecule has 1 heterocycles. The van der Waals surface area contributed by atoms with E-state index in [0.29, 0.717) is 13.0 Å². The summed E-state index contributed by atoms with van der Waals surface area (Å²) >= 11 is 0. The Kier molecular flexibility index (Phi) is 5.37. The van der Waals surface area contributed by atoms with E-state index < -0.39 is 16.1 Å². The maximum Gasteiger partial charge on any atom is 0.208 e. The molecule has 0 bridgehead atoms. The number of para-hydroxylation sites is 2. The molecule has 0 aliphatic carbocycles. The highest BCUT2D eigenvalue weighted by Gasteiger charge is 2.22. The lowest BCUT2D eigenvalue weighted by molar-refractivity contribution is 0.129. The fourth-order valence-corrected chi connectivity index (χ4v) is 4.43. The van der Waals surface area contributed by atoms with E-state index >= 15 is 0 Å². The Bertz CT molecular complexity index is 955. The largest absolute Gasteiger partial charge is 0.391 e. The van der Waals surface area contributed by atoms with Crippen molar-refractivity contribution in [1.82, 2.24) is 9.29 Å². The fourth-order valence-electron chi connectivity index (χ4n) is 3.51. The van der Waals surface area contributed by atoms with Crippen molar-refractivity contribution in [3.63, 3.8) is 0 Å². The van der Waals surface area contributed by atoms with Gasteiger partial charge in [0.2, 0.25) is 10.0 Å². The van der Waals surface area contributed by atoms with Gasteiger partial charge in [-0.3, -0.25) is 0 Å². The summed E-state index contributed by atoms with van der Waals surface area (Å²) in [6.07, 6.45) is 0.865. The number of hydrogen-bond acceptors (Lipinski definition) is 3. The van der Waals surface area contributed by atoms with Crippen molar-refractivity contribution in [3.05, 3.63) is 48.5 Å². The highest BCUT2D eigenvalue weighted by Crippen LogP contribution is 2.29. The van der Waals surface area contributed by atoms with Crippen LogP contribution in [-0.2, 0) is 16.6 Å². The number of sulfonamides is 1. The number of aliphatic hydroxyl groups excluding tert-OH is 1. The van der Waals surface area contributed by atoms with E-state index in [9.17, 15) is 13.5 Å². The van der Waals surface area contributed by atoms with Crippen LogP contribution in [0, 0.1) is 5.92 Å². The minimum Gasteiger partial charge on any atom is -0.391 e. The average Bonchev–Trinajstić information content (AvgIpc) is 2.88. The van der Waals surface area contributed by atoms with Crippen LogP contribution in [0.1, 0.15) is 20.3 Å². The normalized spacial score (nSPS) is 15.0. The van der Waals surface area contributed by atoms with Crippen molar-refractivity contribution in [2.45, 2.75) is 39.0 Å². The third kappa shape index (κ3) is 4.09. The molecule has 0 saturated heterocycles. The minimum atomic E-state index is -3.31. The Balaban J connectivity index is 1.90. The maximum absolute atomic E-state index is 11.6. The molecule has 0 fully saturated rings. The van der Waals surface area contributed by atoms with E-state index in [1.165, 1.54) is 0 Å². The predicted octanol–water partition coefficient (Wildman–Crippen LogP) is 3.12. The molecule has 140 valence electrons. The summed E-state index contributed by atoms with van der Waals surface area (Å²) in [5, 5.41) is 13.0. The highest BCUT2D eigenvalue weighted by atomic mass is 32.2. The Morgan fingerprint density at radius 2 is 1.50 bits per heavy atom. The quantitative estimate of drug-likeness (QED) is 0.667. The van der Waals surface area contributed by atoms with Gasteiger partial charge >= 0.3 is 0 Å². The zero-order chi connectivity index (χ0) is 18.9. The molecule has 3 rings (SSSR count). The summed E-state index contributed by atoms with van der Waals surface area (Å²) in [6.45, 7) is 4.33. The Labute approximate surface area is 154 Å². The third-order valence-corrected chi connectivity index (χ3v) is 5.50. The Hall–Kier alpha value is -1.89. The van der Waals surface area contributed by atoms with E-state index in [1.54, 1.807) is 0 Å². The van der Waals surface area contributed by atoms with Gasteiger partial charge < -0.3 is 9.67 Å². The van der Waals surface area contributed by atoms with Crippen molar-refractivity contribution in [1.29, 1.82) is 0 Å². The molecule has 2 unspecified atom stereocenters. The molecule has 2 aromatic carbocycles. The molecule has 0 aliphatic heterocycles. The summed E-state index contributed by atoms with van der Waals surface area (Å²) in [7, 11) is -3.31. The molecule has 5 nitrogen and oxygen atoms in total. The summed E-state index contributed by atoms with van der Waals surface area (Å²) in [4.78, 5) is 0. The smallest absolute Gasteiger partial charge is 0.208 e. The molecular weight excluding hydrogens is 348 g/mol. The lowest BCUT2D eigenvalue weighted by Gasteiger charge is -2.24. The molecule has 0 spiro atoms. The van der Waals surface area contributed by atoms with Gasteiger partial charge in [-0.05, 0) is 24.5 Å². The molecular formula is C20H26N2O3S. The number of nitrogens with zero attached hydrogens (tertiary/aromatic N) is 1. The van der Waals surface area contributed by atoms with Crippen LogP contribution in [0.25, 0.3) is 21.8 Å². The molecule has 0 radical (unpaired) electrons. The summed E-state index contributed by atoms with van der Waals surface area (Å²) in [5.74, 6) is 0.0949. The van der Waals surface area contributed by atoms with Crippen molar-refractivity contribution >= 4 is 31.8 Å². The van der Waals surface area contributed by atoms with Crippen LogP contribution in [-0.4, -0.2) is 36.5 Å². The lowest BCUT2D eigenvalue weighted by atomic mass is 9.99. The minimum absolute atomic E-state index is 0.0949. The van der Waals surface area contributed by atoms with Gasteiger partial charge in [-0.25, -0.2) is 13.1 Å². The van der Waals surface area contributed by atoms with Crippen LogP contribution in [0.4, 0.5) is 0 Å². The number of rotatable bonds is 7. The second-order valence-electron chi connectivity index (χ2n) is 7.27. The van der Waals surface area contributed by atoms with Crippen LogP contribution in [0.3, 0.4) is 0 Å². The van der Waals surface area contributed by atoms with Gasteiger partial charge in [0.1, 0.15) is 0 Å².